The Kier molecular flexibility index (Phi) is 5.58. The van der Waals surface area contributed by atoms with Crippen LogP contribution in [0.4, 0.5) is 0 Å². The summed E-state index contributed by atoms with van der Waals surface area (Å²) in [6.07, 6.45) is 8.19. The third kappa shape index (κ3) is 5.24. The number of unbranched alkanes of at least 4 members (excludes halogenated alkanes) is 3. The average Bonchev–Trinajstić information content (AvgIpc) is 2.26. The van der Waals surface area contributed by atoms with Gasteiger partial charge >= 0.3 is 0 Å². The lowest BCUT2D eigenvalue weighted by molar-refractivity contribution is 0.687. The summed E-state index contributed by atoms with van der Waals surface area (Å²) in [4.78, 5) is 0. The molecule has 0 nitrogen and oxygen atoms in total. The topological polar surface area (TPSA) is 0 Å². The molecule has 0 radical (unpaired) electrons. The molecule has 0 aliphatic heterocycles. The van der Waals surface area contributed by atoms with Crippen molar-refractivity contribution in [3.05, 3.63) is 53.8 Å². The first-order valence-corrected chi connectivity index (χ1v) is 5.73. The Bertz CT molecular complexity index is 312. The van der Waals surface area contributed by atoms with E-state index in [-0.39, 0.29) is 0 Å². The summed E-state index contributed by atoms with van der Waals surface area (Å²) in [7, 11) is 0. The second-order valence-electron chi connectivity index (χ2n) is 3.99. The highest BCUT2D eigenvalue weighted by molar-refractivity contribution is 5.21. The van der Waals surface area contributed by atoms with Crippen LogP contribution in [-0.4, -0.2) is 0 Å². The summed E-state index contributed by atoms with van der Waals surface area (Å²) < 4.78 is 0. The van der Waals surface area contributed by atoms with Gasteiger partial charge in [0.2, 0.25) is 0 Å². The van der Waals surface area contributed by atoms with Crippen LogP contribution in [0.3, 0.4) is 0 Å². The Balaban J connectivity index is 2.15. The lowest BCUT2D eigenvalue weighted by atomic mass is 10.0. The van der Waals surface area contributed by atoms with E-state index in [2.05, 4.69) is 43.5 Å². The predicted octanol–water partition coefficient (Wildman–Crippen LogP) is 4.44. The molecule has 0 amide bonds. The summed E-state index contributed by atoms with van der Waals surface area (Å²) >= 11 is 0. The molecular weight excluding hydrogens is 180 g/mol. The van der Waals surface area contributed by atoms with Crippen molar-refractivity contribution in [3.63, 3.8) is 0 Å². The zero-order valence-corrected chi connectivity index (χ0v) is 9.63. The summed E-state index contributed by atoms with van der Waals surface area (Å²) in [5.74, 6) is 0. The maximum atomic E-state index is 3.55. The molecule has 0 heterocycles. The molecule has 0 fully saturated rings. The summed E-state index contributed by atoms with van der Waals surface area (Å²) in [5.41, 5.74) is 5.61. The van der Waals surface area contributed by atoms with E-state index in [1.807, 2.05) is 6.08 Å². The zero-order chi connectivity index (χ0) is 10.9. The van der Waals surface area contributed by atoms with Crippen LogP contribution < -0.4 is 0 Å². The van der Waals surface area contributed by atoms with Crippen LogP contribution in [0, 0.1) is 6.92 Å². The fourth-order valence-electron chi connectivity index (χ4n) is 1.61. The second kappa shape index (κ2) is 7.09. The van der Waals surface area contributed by atoms with Crippen molar-refractivity contribution in [2.24, 2.45) is 0 Å². The molecule has 0 bridgehead atoms. The first kappa shape index (κ1) is 11.8. The smallest absolute Gasteiger partial charge is 0.0275 e. The molecule has 0 N–H and O–H groups in total. The van der Waals surface area contributed by atoms with Crippen molar-refractivity contribution in [2.45, 2.75) is 39.0 Å². The van der Waals surface area contributed by atoms with Gasteiger partial charge < -0.3 is 0 Å². The quantitative estimate of drug-likeness (QED) is 0.470. The van der Waals surface area contributed by atoms with Crippen molar-refractivity contribution >= 4 is 0 Å². The minimum atomic E-state index is 1.12. The van der Waals surface area contributed by atoms with Gasteiger partial charge in [-0.25, -0.2) is 0 Å². The van der Waals surface area contributed by atoms with Crippen molar-refractivity contribution in [2.75, 3.05) is 0 Å². The number of allylic oxidation sites excluding steroid dienone is 1. The number of aryl methyl sites for hydroxylation is 2. The largest absolute Gasteiger partial charge is 0.133 e. The van der Waals surface area contributed by atoms with Crippen molar-refractivity contribution in [1.29, 1.82) is 0 Å². The van der Waals surface area contributed by atoms with Gasteiger partial charge in [0.25, 0.3) is 0 Å². The molecule has 0 atom stereocenters. The maximum absolute atomic E-state index is 3.55. The van der Waals surface area contributed by atoms with Crippen LogP contribution in [0.1, 0.15) is 36.8 Å². The monoisotopic (exact) mass is 200 g/mol. The molecule has 0 saturated carbocycles. The lowest BCUT2D eigenvalue weighted by Crippen LogP contribution is -1.85. The highest BCUT2D eigenvalue weighted by atomic mass is 14.0. The van der Waals surface area contributed by atoms with Gasteiger partial charge in [-0.2, -0.15) is 0 Å². The van der Waals surface area contributed by atoms with Crippen LogP contribution >= 0.6 is 0 Å². The number of benzene rings is 1. The van der Waals surface area contributed by atoms with E-state index in [9.17, 15) is 0 Å². The Morgan fingerprint density at radius 3 is 2.53 bits per heavy atom. The van der Waals surface area contributed by atoms with Crippen LogP contribution in [0.5, 0.6) is 0 Å². The third-order valence-electron chi connectivity index (χ3n) is 2.58. The Hall–Kier alpha value is -1.26. The molecule has 1 aromatic rings. The first-order valence-electron chi connectivity index (χ1n) is 5.73. The van der Waals surface area contributed by atoms with E-state index < -0.39 is 0 Å². The normalized spacial score (nSPS) is 9.67. The molecular formula is C15H20. The van der Waals surface area contributed by atoms with Gasteiger partial charge in [0, 0.05) is 0 Å². The van der Waals surface area contributed by atoms with Crippen molar-refractivity contribution in [1.82, 2.24) is 0 Å². The van der Waals surface area contributed by atoms with E-state index in [4.69, 9.17) is 0 Å². The van der Waals surface area contributed by atoms with Crippen molar-refractivity contribution < 1.29 is 0 Å². The van der Waals surface area contributed by atoms with Crippen LogP contribution in [0.15, 0.2) is 42.7 Å². The molecule has 0 aliphatic carbocycles. The maximum Gasteiger partial charge on any atom is -0.0275 e. The molecule has 1 aromatic carbocycles. The molecule has 0 spiro atoms. The first-order chi connectivity index (χ1) is 7.33. The third-order valence-corrected chi connectivity index (χ3v) is 2.58. The number of hydrogen-bond donors (Lipinski definition) is 0. The highest BCUT2D eigenvalue weighted by Gasteiger charge is 1.92. The zero-order valence-electron chi connectivity index (χ0n) is 9.63. The van der Waals surface area contributed by atoms with Gasteiger partial charge in [-0.1, -0.05) is 42.8 Å². The van der Waals surface area contributed by atoms with Crippen LogP contribution in [0.25, 0.3) is 0 Å². The van der Waals surface area contributed by atoms with E-state index in [0.29, 0.717) is 0 Å². The van der Waals surface area contributed by atoms with Crippen LogP contribution in [-0.2, 0) is 6.42 Å². The predicted molar refractivity (Wildman–Crippen MR) is 67.1 cm³/mol. The van der Waals surface area contributed by atoms with Gasteiger partial charge in [0.15, 0.2) is 0 Å². The number of rotatable bonds is 6. The highest BCUT2D eigenvalue weighted by Crippen LogP contribution is 2.09. The van der Waals surface area contributed by atoms with Gasteiger partial charge in [-0.15, -0.1) is 5.73 Å². The van der Waals surface area contributed by atoms with Gasteiger partial charge in [0.1, 0.15) is 0 Å². The van der Waals surface area contributed by atoms with E-state index in [1.165, 1.54) is 36.8 Å². The molecule has 0 heteroatoms. The van der Waals surface area contributed by atoms with Crippen LogP contribution in [0.2, 0.25) is 0 Å². The molecule has 0 aromatic heterocycles. The lowest BCUT2D eigenvalue weighted by Gasteiger charge is -2.01. The van der Waals surface area contributed by atoms with Gasteiger partial charge in [-0.05, 0) is 44.2 Å². The van der Waals surface area contributed by atoms with E-state index in [0.717, 1.165) is 6.42 Å². The molecule has 0 unspecified atom stereocenters. The second-order valence-corrected chi connectivity index (χ2v) is 3.99. The minimum Gasteiger partial charge on any atom is -0.133 e. The summed E-state index contributed by atoms with van der Waals surface area (Å²) in [5, 5.41) is 0. The fourth-order valence-corrected chi connectivity index (χ4v) is 1.61. The molecule has 0 saturated heterocycles. The van der Waals surface area contributed by atoms with Gasteiger partial charge in [-0.3, -0.25) is 0 Å². The molecule has 15 heavy (non-hydrogen) atoms. The minimum absolute atomic E-state index is 1.12. The molecule has 0 aliphatic rings. The molecule has 1 rings (SSSR count). The standard InChI is InChI=1S/C15H20/c1-3-4-5-6-7-8-9-15-12-10-14(2)11-13-15/h4,10-13H,1,5-9H2,2H3. The number of hydrogen-bond acceptors (Lipinski definition) is 0. The van der Waals surface area contributed by atoms with Gasteiger partial charge in [0.05, 0.1) is 0 Å². The Morgan fingerprint density at radius 2 is 1.87 bits per heavy atom. The summed E-state index contributed by atoms with van der Waals surface area (Å²) in [6.45, 7) is 5.68. The molecule has 80 valence electrons. The SMILES string of the molecule is C=C=CCCCCCc1ccc(C)cc1. The fraction of sp³-hybridized carbons (Fsp3) is 0.400. The Labute approximate surface area is 93.3 Å². The van der Waals surface area contributed by atoms with E-state index in [1.54, 1.807) is 0 Å². The van der Waals surface area contributed by atoms with E-state index >= 15 is 0 Å². The summed E-state index contributed by atoms with van der Waals surface area (Å²) in [6, 6.07) is 8.85. The van der Waals surface area contributed by atoms with Crippen molar-refractivity contribution in [3.8, 4) is 0 Å². The average molecular weight is 200 g/mol. The Morgan fingerprint density at radius 1 is 1.13 bits per heavy atom.